The van der Waals surface area contributed by atoms with Gasteiger partial charge in [-0.1, -0.05) is 118 Å². The summed E-state index contributed by atoms with van der Waals surface area (Å²) in [6, 6.07) is 47.5. The van der Waals surface area contributed by atoms with Crippen LogP contribution in [0.15, 0.2) is 121 Å². The predicted octanol–water partition coefficient (Wildman–Crippen LogP) is 4.00. The van der Waals surface area contributed by atoms with E-state index in [1.165, 1.54) is 18.4 Å². The Kier molecular flexibility index (Phi) is 8.57. The summed E-state index contributed by atoms with van der Waals surface area (Å²) in [6.45, 7) is 13.5. The van der Waals surface area contributed by atoms with E-state index < -0.39 is 7.26 Å². The first kappa shape index (κ1) is 30.8. The maximum atomic E-state index is 2.63. The van der Waals surface area contributed by atoms with Crippen LogP contribution in [-0.4, -0.2) is 18.4 Å². The molecule has 3 aliphatic carbocycles. The minimum atomic E-state index is -1.99. The second-order valence-corrected chi connectivity index (χ2v) is 17.9. The van der Waals surface area contributed by atoms with Gasteiger partial charge in [0.05, 0.1) is 19.3 Å². The third kappa shape index (κ3) is 4.72. The van der Waals surface area contributed by atoms with E-state index in [0.717, 1.165) is 23.6 Å². The molecule has 8 rings (SSSR count). The third-order valence-electron chi connectivity index (χ3n) is 12.4. The molecule has 8 atom stereocenters. The Bertz CT molecular complexity index is 1400. The van der Waals surface area contributed by atoms with Crippen molar-refractivity contribution < 1.29 is 21.8 Å². The van der Waals surface area contributed by atoms with Crippen LogP contribution in [-0.2, 0) is 0 Å². The minimum Gasteiger partial charge on any atom is -1.00 e. The van der Waals surface area contributed by atoms with Crippen LogP contribution in [0.4, 0.5) is 0 Å². The molecule has 4 aliphatic rings. The van der Waals surface area contributed by atoms with E-state index in [2.05, 4.69) is 156 Å². The van der Waals surface area contributed by atoms with E-state index >= 15 is 0 Å². The maximum Gasteiger partial charge on any atom is 0.184 e. The molecule has 1 heterocycles. The number of fused-ring (bicyclic) bond motifs is 2. The number of nitrogens with one attached hydrogen (secondary N) is 1. The Balaban J connectivity index is 0.00000329. The summed E-state index contributed by atoms with van der Waals surface area (Å²) in [4.78, 5) is 1.83. The Morgan fingerprint density at radius 1 is 0.698 bits per heavy atom. The lowest BCUT2D eigenvalue weighted by Crippen LogP contribution is -3.32. The Labute approximate surface area is 271 Å². The summed E-state index contributed by atoms with van der Waals surface area (Å²) in [6.07, 6.45) is 2.83. The first-order valence-corrected chi connectivity index (χ1v) is 18.2. The van der Waals surface area contributed by atoms with E-state index in [0.29, 0.717) is 29.9 Å². The van der Waals surface area contributed by atoms with Gasteiger partial charge in [0.1, 0.15) is 15.9 Å². The molecule has 4 aromatic carbocycles. The standard InChI is InChI=1S/C39H47BNP.BrH/c1-28-36-26-32(39(36,4)5)27-37(28)40-38(30(3)41(40)29(2)31-18-10-6-11-19-31)42(33-20-12-7-13-21-33,34-22-14-8-15-23-34)35-24-16-9-17-25-35;/h6-25,28-30,32,36-38,41H,26-27H2,1-5H3;1H/q+1;/p-1/t28-,29+,30+,32+,36-,37-,38+;/m1./s1. The van der Waals surface area contributed by atoms with Crippen molar-refractivity contribution in [1.82, 2.24) is 0 Å². The van der Waals surface area contributed by atoms with Gasteiger partial charge < -0.3 is 21.8 Å². The lowest BCUT2D eigenvalue weighted by atomic mass is 9.28. The molecule has 4 aromatic rings. The summed E-state index contributed by atoms with van der Waals surface area (Å²) in [5, 5.41) is 4.64. The highest BCUT2D eigenvalue weighted by Gasteiger charge is 2.67. The molecular formula is C39H47BBrNP. The smallest absolute Gasteiger partial charge is 0.184 e. The topological polar surface area (TPSA) is 4.44 Å². The fraction of sp³-hybridized carbons (Fsp3) is 0.385. The molecule has 0 aromatic heterocycles. The number of hydrogen-bond donors (Lipinski definition) is 1. The molecule has 43 heavy (non-hydrogen) atoms. The van der Waals surface area contributed by atoms with Crippen molar-refractivity contribution >= 4 is 30.0 Å². The number of quaternary nitrogens is 1. The van der Waals surface area contributed by atoms with Crippen LogP contribution in [0.25, 0.3) is 0 Å². The molecular weight excluding hydrogens is 604 g/mol. The van der Waals surface area contributed by atoms with Crippen LogP contribution in [0.3, 0.4) is 0 Å². The highest BCUT2D eigenvalue weighted by atomic mass is 79.9. The van der Waals surface area contributed by atoms with E-state index in [4.69, 9.17) is 0 Å². The molecule has 1 unspecified atom stereocenters. The normalized spacial score (nSPS) is 30.3. The fourth-order valence-corrected chi connectivity index (χ4v) is 15.8. The molecule has 1 N–H and O–H groups in total. The SMILES string of the molecule is C[C@@H]1[C@H]2C[C@@H](C[C@H]1[B-]1[C@@H]([P+](c3ccccc3)(c3ccccc3)c3ccccc3)[C@H](C)[NH+]1[C@@H](C)c1ccccc1)C2(C)C.[Br-]. The van der Waals surface area contributed by atoms with Crippen molar-refractivity contribution in [2.75, 3.05) is 0 Å². The second-order valence-electron chi connectivity index (χ2n) is 14.3. The van der Waals surface area contributed by atoms with Crippen molar-refractivity contribution in [3.8, 4) is 0 Å². The summed E-state index contributed by atoms with van der Waals surface area (Å²) in [5.74, 6) is 3.22. The molecule has 1 nitrogen and oxygen atoms in total. The Morgan fingerprint density at radius 3 is 1.56 bits per heavy atom. The second kappa shape index (κ2) is 12.0. The van der Waals surface area contributed by atoms with Crippen LogP contribution in [0.2, 0.25) is 5.82 Å². The molecule has 2 bridgehead atoms. The summed E-state index contributed by atoms with van der Waals surface area (Å²) >= 11 is 0. The molecule has 3 saturated carbocycles. The largest absolute Gasteiger partial charge is 1.00 e. The zero-order chi connectivity index (χ0) is 29.1. The summed E-state index contributed by atoms with van der Waals surface area (Å²) < 4.78 is 0. The fourth-order valence-electron chi connectivity index (χ4n) is 10.2. The molecule has 1 saturated heterocycles. The van der Waals surface area contributed by atoms with Gasteiger partial charge in [-0.2, -0.15) is 0 Å². The van der Waals surface area contributed by atoms with Crippen molar-refractivity contribution in [3.05, 3.63) is 127 Å². The first-order valence-electron chi connectivity index (χ1n) is 16.3. The average Bonchev–Trinajstić information content (AvgIpc) is 3.04. The third-order valence-corrected chi connectivity index (χ3v) is 17.4. The van der Waals surface area contributed by atoms with Gasteiger partial charge in [0.25, 0.3) is 0 Å². The van der Waals surface area contributed by atoms with Crippen LogP contribution in [0, 0.1) is 23.2 Å². The van der Waals surface area contributed by atoms with E-state index in [-0.39, 0.29) is 17.0 Å². The molecule has 0 spiro atoms. The van der Waals surface area contributed by atoms with Gasteiger partial charge in [0.2, 0.25) is 0 Å². The average molecular weight is 652 g/mol. The van der Waals surface area contributed by atoms with Crippen molar-refractivity contribution in [2.24, 2.45) is 23.2 Å². The molecule has 4 fully saturated rings. The lowest BCUT2D eigenvalue weighted by molar-refractivity contribution is -0.875. The lowest BCUT2D eigenvalue weighted by Gasteiger charge is -2.71. The number of hydrogen-bond acceptors (Lipinski definition) is 0. The summed E-state index contributed by atoms with van der Waals surface area (Å²) in [5.41, 5.74) is 2.58. The predicted molar refractivity (Wildman–Crippen MR) is 183 cm³/mol. The Morgan fingerprint density at radius 2 is 1.14 bits per heavy atom. The van der Waals surface area contributed by atoms with Crippen LogP contribution < -0.4 is 37.7 Å². The van der Waals surface area contributed by atoms with Gasteiger partial charge >= 0.3 is 0 Å². The summed E-state index contributed by atoms with van der Waals surface area (Å²) in [7, 11) is -1.99. The van der Waals surface area contributed by atoms with Gasteiger partial charge in [-0.3, -0.25) is 0 Å². The zero-order valence-corrected chi connectivity index (χ0v) is 28.9. The van der Waals surface area contributed by atoms with Gasteiger partial charge in [0, 0.05) is 11.1 Å². The minimum absolute atomic E-state index is 0. The van der Waals surface area contributed by atoms with E-state index in [1.807, 2.05) is 4.81 Å². The van der Waals surface area contributed by atoms with Gasteiger partial charge in [0.15, 0.2) is 6.85 Å². The van der Waals surface area contributed by atoms with Crippen molar-refractivity contribution in [2.45, 2.75) is 70.9 Å². The number of benzene rings is 4. The van der Waals surface area contributed by atoms with Crippen LogP contribution in [0.1, 0.15) is 59.1 Å². The first-order chi connectivity index (χ1) is 20.4. The van der Waals surface area contributed by atoms with Gasteiger partial charge in [-0.05, 0) is 73.9 Å². The van der Waals surface area contributed by atoms with Crippen molar-refractivity contribution in [1.29, 1.82) is 0 Å². The van der Waals surface area contributed by atoms with Gasteiger partial charge in [-0.25, -0.2) is 0 Å². The zero-order valence-electron chi connectivity index (χ0n) is 26.4. The van der Waals surface area contributed by atoms with Gasteiger partial charge in [-0.15, -0.1) is 5.82 Å². The molecule has 4 heteroatoms. The number of halogens is 1. The van der Waals surface area contributed by atoms with Crippen LogP contribution in [0.5, 0.6) is 0 Å². The quantitative estimate of drug-likeness (QED) is 0.228. The molecule has 1 aliphatic heterocycles. The monoisotopic (exact) mass is 650 g/mol. The highest BCUT2D eigenvalue weighted by molar-refractivity contribution is 7.97. The molecule has 0 amide bonds. The molecule has 223 valence electrons. The van der Waals surface area contributed by atoms with E-state index in [9.17, 15) is 0 Å². The Hall–Kier alpha value is -2.19. The number of rotatable bonds is 7. The highest BCUT2D eigenvalue weighted by Crippen LogP contribution is 2.69. The van der Waals surface area contributed by atoms with Crippen molar-refractivity contribution in [3.63, 3.8) is 0 Å². The maximum absolute atomic E-state index is 2.63. The van der Waals surface area contributed by atoms with Crippen LogP contribution >= 0.6 is 7.26 Å². The van der Waals surface area contributed by atoms with E-state index in [1.54, 1.807) is 15.9 Å². The molecule has 1 radical (unpaired) electrons.